The van der Waals surface area contributed by atoms with E-state index in [0.717, 1.165) is 0 Å². The standard InChI is InChI=1S/C14H16N2/c1-11-15-13-9-5-6-10-14(13)16(11)12-7-3-2-4-8-12/h2-11,13-15H,1H3. The van der Waals surface area contributed by atoms with Gasteiger partial charge >= 0.3 is 0 Å². The summed E-state index contributed by atoms with van der Waals surface area (Å²) in [7, 11) is 0. The molecular formula is C14H16N2. The molecule has 3 unspecified atom stereocenters. The van der Waals surface area contributed by atoms with Crippen molar-refractivity contribution in [3.8, 4) is 0 Å². The lowest BCUT2D eigenvalue weighted by atomic mass is 10.0. The number of nitrogens with zero attached hydrogens (tertiary/aromatic N) is 1. The predicted molar refractivity (Wildman–Crippen MR) is 67.4 cm³/mol. The minimum Gasteiger partial charge on any atom is -0.348 e. The van der Waals surface area contributed by atoms with E-state index in [1.807, 2.05) is 0 Å². The molecule has 0 aromatic heterocycles. The van der Waals surface area contributed by atoms with Crippen LogP contribution in [0.3, 0.4) is 0 Å². The molecule has 82 valence electrons. The predicted octanol–water partition coefficient (Wildman–Crippen LogP) is 2.31. The molecule has 1 aliphatic carbocycles. The summed E-state index contributed by atoms with van der Waals surface area (Å²) in [5, 5.41) is 3.59. The summed E-state index contributed by atoms with van der Waals surface area (Å²) in [6.45, 7) is 2.22. The van der Waals surface area contributed by atoms with Gasteiger partial charge in [-0.15, -0.1) is 0 Å². The molecule has 1 saturated heterocycles. The first kappa shape index (κ1) is 9.67. The first-order chi connectivity index (χ1) is 7.86. The van der Waals surface area contributed by atoms with Gasteiger partial charge in [0.1, 0.15) is 0 Å². The molecule has 0 amide bonds. The van der Waals surface area contributed by atoms with Gasteiger partial charge < -0.3 is 4.90 Å². The number of hydrogen-bond acceptors (Lipinski definition) is 2. The third-order valence-electron chi connectivity index (χ3n) is 3.33. The minimum atomic E-state index is 0.379. The van der Waals surface area contributed by atoms with Crippen molar-refractivity contribution in [1.29, 1.82) is 0 Å². The highest BCUT2D eigenvalue weighted by Gasteiger charge is 2.36. The molecule has 1 fully saturated rings. The molecule has 1 aromatic rings. The van der Waals surface area contributed by atoms with Crippen LogP contribution >= 0.6 is 0 Å². The van der Waals surface area contributed by atoms with Crippen LogP contribution in [-0.4, -0.2) is 18.2 Å². The zero-order chi connectivity index (χ0) is 11.0. The Morgan fingerprint density at radius 2 is 1.81 bits per heavy atom. The summed E-state index contributed by atoms with van der Waals surface area (Å²) in [5.41, 5.74) is 1.29. The largest absolute Gasteiger partial charge is 0.348 e. The lowest BCUT2D eigenvalue weighted by molar-refractivity contribution is 0.623. The lowest BCUT2D eigenvalue weighted by Gasteiger charge is -2.29. The minimum absolute atomic E-state index is 0.379. The van der Waals surface area contributed by atoms with Crippen molar-refractivity contribution in [2.75, 3.05) is 4.90 Å². The molecule has 1 aliphatic heterocycles. The Kier molecular flexibility index (Phi) is 2.29. The summed E-state index contributed by atoms with van der Waals surface area (Å²) >= 11 is 0. The topological polar surface area (TPSA) is 15.3 Å². The molecule has 3 atom stereocenters. The Morgan fingerprint density at radius 3 is 2.62 bits per heavy atom. The normalized spacial score (nSPS) is 31.8. The van der Waals surface area contributed by atoms with Crippen LogP contribution in [0.25, 0.3) is 0 Å². The number of nitrogens with one attached hydrogen (secondary N) is 1. The summed E-state index contributed by atoms with van der Waals surface area (Å²) in [6, 6.07) is 11.5. The van der Waals surface area contributed by atoms with Gasteiger partial charge in [0.05, 0.1) is 18.2 Å². The van der Waals surface area contributed by atoms with Crippen molar-refractivity contribution >= 4 is 5.69 Å². The van der Waals surface area contributed by atoms with Crippen LogP contribution in [-0.2, 0) is 0 Å². The number of para-hydroxylation sites is 1. The van der Waals surface area contributed by atoms with E-state index in [2.05, 4.69) is 71.8 Å². The van der Waals surface area contributed by atoms with Crippen LogP contribution in [0.4, 0.5) is 5.69 Å². The number of allylic oxidation sites excluding steroid dienone is 2. The van der Waals surface area contributed by atoms with E-state index in [0.29, 0.717) is 18.2 Å². The molecule has 1 heterocycles. The fraction of sp³-hybridized carbons (Fsp3) is 0.286. The number of anilines is 1. The highest BCUT2D eigenvalue weighted by Crippen LogP contribution is 2.28. The smallest absolute Gasteiger partial charge is 0.0779 e. The third kappa shape index (κ3) is 1.46. The highest BCUT2D eigenvalue weighted by atomic mass is 15.4. The monoisotopic (exact) mass is 212 g/mol. The molecule has 16 heavy (non-hydrogen) atoms. The number of hydrogen-bond donors (Lipinski definition) is 1. The molecule has 0 bridgehead atoms. The van der Waals surface area contributed by atoms with Gasteiger partial charge in [0.15, 0.2) is 0 Å². The van der Waals surface area contributed by atoms with Crippen LogP contribution < -0.4 is 10.2 Å². The van der Waals surface area contributed by atoms with E-state index in [-0.39, 0.29) is 0 Å². The van der Waals surface area contributed by atoms with Crippen LogP contribution in [0, 0.1) is 0 Å². The average molecular weight is 212 g/mol. The maximum atomic E-state index is 3.59. The van der Waals surface area contributed by atoms with Crippen LogP contribution in [0.5, 0.6) is 0 Å². The average Bonchev–Trinajstić information content (AvgIpc) is 2.66. The zero-order valence-electron chi connectivity index (χ0n) is 9.38. The van der Waals surface area contributed by atoms with E-state index in [9.17, 15) is 0 Å². The second-order valence-electron chi connectivity index (χ2n) is 4.37. The van der Waals surface area contributed by atoms with E-state index in [1.54, 1.807) is 0 Å². The van der Waals surface area contributed by atoms with Crippen molar-refractivity contribution < 1.29 is 0 Å². The molecule has 2 aliphatic rings. The Labute approximate surface area is 96.3 Å². The Hall–Kier alpha value is -1.54. The first-order valence-corrected chi connectivity index (χ1v) is 5.81. The van der Waals surface area contributed by atoms with E-state index < -0.39 is 0 Å². The van der Waals surface area contributed by atoms with E-state index >= 15 is 0 Å². The molecule has 0 saturated carbocycles. The van der Waals surface area contributed by atoms with Crippen molar-refractivity contribution in [3.63, 3.8) is 0 Å². The second-order valence-corrected chi connectivity index (χ2v) is 4.37. The van der Waals surface area contributed by atoms with Crippen molar-refractivity contribution in [2.45, 2.75) is 25.2 Å². The fourth-order valence-corrected chi connectivity index (χ4v) is 2.63. The van der Waals surface area contributed by atoms with Gasteiger partial charge in [0.25, 0.3) is 0 Å². The quantitative estimate of drug-likeness (QED) is 0.768. The molecule has 1 aromatic carbocycles. The Morgan fingerprint density at radius 1 is 1.06 bits per heavy atom. The number of benzene rings is 1. The summed E-state index contributed by atoms with van der Waals surface area (Å²) in [6.07, 6.45) is 9.15. The molecular weight excluding hydrogens is 196 g/mol. The molecule has 2 heteroatoms. The molecule has 1 N–H and O–H groups in total. The van der Waals surface area contributed by atoms with Gasteiger partial charge in [0.2, 0.25) is 0 Å². The summed E-state index contributed by atoms with van der Waals surface area (Å²) < 4.78 is 0. The number of fused-ring (bicyclic) bond motifs is 1. The van der Waals surface area contributed by atoms with Gasteiger partial charge in [0, 0.05) is 5.69 Å². The fourth-order valence-electron chi connectivity index (χ4n) is 2.63. The SMILES string of the molecule is CC1NC2C=CC=CC2N1c1ccccc1. The Balaban J connectivity index is 1.95. The summed E-state index contributed by atoms with van der Waals surface area (Å²) in [4.78, 5) is 2.44. The number of rotatable bonds is 1. The lowest BCUT2D eigenvalue weighted by Crippen LogP contribution is -2.36. The van der Waals surface area contributed by atoms with Crippen LogP contribution in [0.15, 0.2) is 54.6 Å². The van der Waals surface area contributed by atoms with Crippen molar-refractivity contribution in [3.05, 3.63) is 54.6 Å². The molecule has 2 nitrogen and oxygen atoms in total. The van der Waals surface area contributed by atoms with Crippen molar-refractivity contribution in [1.82, 2.24) is 5.32 Å². The maximum Gasteiger partial charge on any atom is 0.0779 e. The van der Waals surface area contributed by atoms with Crippen LogP contribution in [0.2, 0.25) is 0 Å². The van der Waals surface area contributed by atoms with Crippen LogP contribution in [0.1, 0.15) is 6.92 Å². The Bertz CT molecular complexity index is 422. The first-order valence-electron chi connectivity index (χ1n) is 5.81. The second kappa shape index (κ2) is 3.80. The van der Waals surface area contributed by atoms with Gasteiger partial charge in [-0.25, -0.2) is 0 Å². The zero-order valence-corrected chi connectivity index (χ0v) is 9.38. The molecule has 0 spiro atoms. The highest BCUT2D eigenvalue weighted by molar-refractivity contribution is 5.52. The summed E-state index contributed by atoms with van der Waals surface area (Å²) in [5.74, 6) is 0. The van der Waals surface area contributed by atoms with Gasteiger partial charge in [-0.1, -0.05) is 42.5 Å². The van der Waals surface area contributed by atoms with Gasteiger partial charge in [-0.2, -0.15) is 0 Å². The molecule has 0 radical (unpaired) electrons. The van der Waals surface area contributed by atoms with Gasteiger partial charge in [-0.05, 0) is 19.1 Å². The maximum absolute atomic E-state index is 3.59. The van der Waals surface area contributed by atoms with Crippen molar-refractivity contribution in [2.24, 2.45) is 0 Å². The van der Waals surface area contributed by atoms with E-state index in [4.69, 9.17) is 0 Å². The van der Waals surface area contributed by atoms with E-state index in [1.165, 1.54) is 5.69 Å². The third-order valence-corrected chi connectivity index (χ3v) is 3.33. The van der Waals surface area contributed by atoms with Gasteiger partial charge in [-0.3, -0.25) is 5.32 Å². The molecule has 3 rings (SSSR count).